The van der Waals surface area contributed by atoms with Crippen LogP contribution in [0.3, 0.4) is 0 Å². The first kappa shape index (κ1) is 18.9. The summed E-state index contributed by atoms with van der Waals surface area (Å²) in [6, 6.07) is 12.9. The number of halogens is 2. The number of imide groups is 1. The first-order chi connectivity index (χ1) is 14.5. The number of nitrogens with zero attached hydrogens (tertiary/aromatic N) is 5. The van der Waals surface area contributed by atoms with Crippen molar-refractivity contribution in [1.29, 1.82) is 0 Å². The van der Waals surface area contributed by atoms with Gasteiger partial charge in [0.2, 0.25) is 5.96 Å². The number of amides is 3. The number of carbonyl (C=O) groups excluding carboxylic acids is 2. The Bertz CT molecular complexity index is 1040. The molecular formula is C21H19ClFN5O2. The molecule has 0 saturated carbocycles. The van der Waals surface area contributed by atoms with Crippen molar-refractivity contribution in [3.8, 4) is 0 Å². The van der Waals surface area contributed by atoms with Crippen molar-refractivity contribution in [2.24, 2.45) is 4.99 Å². The molecule has 9 heteroatoms. The average Bonchev–Trinajstić information content (AvgIpc) is 3.31. The number of para-hydroxylation sites is 1. The van der Waals surface area contributed by atoms with E-state index in [1.807, 2.05) is 40.1 Å². The number of hydrogen-bond acceptors (Lipinski definition) is 5. The number of guanidine groups is 1. The molecule has 2 aromatic carbocycles. The zero-order valence-electron chi connectivity index (χ0n) is 16.2. The van der Waals surface area contributed by atoms with Gasteiger partial charge < -0.3 is 14.7 Å². The minimum atomic E-state index is -0.637. The van der Waals surface area contributed by atoms with Gasteiger partial charge in [-0.3, -0.25) is 9.69 Å². The number of urea groups is 1. The third-order valence-corrected chi connectivity index (χ3v) is 6.18. The van der Waals surface area contributed by atoms with Crippen LogP contribution in [0.1, 0.15) is 5.56 Å². The molecule has 3 aliphatic heterocycles. The second-order valence-electron chi connectivity index (χ2n) is 7.49. The molecule has 7 nitrogen and oxygen atoms in total. The SMILES string of the molecule is CN1C(=O)N(Cc2c(F)cccc2Cl)C(=O)C2C1N=C1N(c3ccccc3)CCN12. The maximum absolute atomic E-state index is 14.3. The molecule has 2 fully saturated rings. The first-order valence-electron chi connectivity index (χ1n) is 9.65. The Labute approximate surface area is 177 Å². The fourth-order valence-corrected chi connectivity index (χ4v) is 4.50. The number of aliphatic imine (C=N–C) groups is 1. The van der Waals surface area contributed by atoms with Gasteiger partial charge in [0.1, 0.15) is 5.82 Å². The molecular weight excluding hydrogens is 409 g/mol. The van der Waals surface area contributed by atoms with E-state index in [0.717, 1.165) is 10.6 Å². The molecule has 0 bridgehead atoms. The summed E-state index contributed by atoms with van der Waals surface area (Å²) in [5.41, 5.74) is 1.10. The van der Waals surface area contributed by atoms with Crippen molar-refractivity contribution in [2.75, 3.05) is 25.0 Å². The Morgan fingerprint density at radius 2 is 1.87 bits per heavy atom. The number of hydrogen-bond donors (Lipinski definition) is 0. The van der Waals surface area contributed by atoms with Crippen LogP contribution in [0, 0.1) is 5.82 Å². The summed E-state index contributed by atoms with van der Waals surface area (Å²) in [6.07, 6.45) is -0.612. The lowest BCUT2D eigenvalue weighted by molar-refractivity contribution is -0.137. The lowest BCUT2D eigenvalue weighted by Gasteiger charge is -2.40. The van der Waals surface area contributed by atoms with Crippen molar-refractivity contribution >= 4 is 35.2 Å². The van der Waals surface area contributed by atoms with Crippen LogP contribution >= 0.6 is 11.6 Å². The van der Waals surface area contributed by atoms with E-state index >= 15 is 0 Å². The molecule has 30 heavy (non-hydrogen) atoms. The van der Waals surface area contributed by atoms with Crippen LogP contribution < -0.4 is 4.90 Å². The third-order valence-electron chi connectivity index (χ3n) is 5.82. The van der Waals surface area contributed by atoms with E-state index in [-0.39, 0.29) is 17.1 Å². The molecule has 3 amide bonds. The fourth-order valence-electron chi connectivity index (χ4n) is 4.28. The highest BCUT2D eigenvalue weighted by atomic mass is 35.5. The standard InChI is InChI=1S/C21H19ClFN5O2/c1-25-18-17(27-11-10-26(20(27)24-18)13-6-3-2-4-7-13)19(29)28(21(25)30)12-14-15(22)8-5-9-16(14)23/h2-9,17-18H,10-12H2,1H3. The average molecular weight is 428 g/mol. The summed E-state index contributed by atoms with van der Waals surface area (Å²) < 4.78 is 14.3. The van der Waals surface area contributed by atoms with Gasteiger partial charge in [-0.05, 0) is 24.3 Å². The monoisotopic (exact) mass is 427 g/mol. The van der Waals surface area contributed by atoms with Gasteiger partial charge in [0.25, 0.3) is 5.91 Å². The third kappa shape index (κ3) is 2.74. The van der Waals surface area contributed by atoms with Gasteiger partial charge in [-0.2, -0.15) is 0 Å². The van der Waals surface area contributed by atoms with Crippen LogP contribution in [0.5, 0.6) is 0 Å². The topological polar surface area (TPSA) is 59.5 Å². The van der Waals surface area contributed by atoms with E-state index in [9.17, 15) is 14.0 Å². The fraction of sp³-hybridized carbons (Fsp3) is 0.286. The van der Waals surface area contributed by atoms with E-state index < -0.39 is 30.0 Å². The Balaban J connectivity index is 1.46. The molecule has 154 valence electrons. The second kappa shape index (κ2) is 6.98. The van der Waals surface area contributed by atoms with Crippen LogP contribution in [-0.2, 0) is 11.3 Å². The summed E-state index contributed by atoms with van der Waals surface area (Å²) in [5, 5.41) is 0.181. The maximum atomic E-state index is 14.3. The van der Waals surface area contributed by atoms with E-state index in [0.29, 0.717) is 19.0 Å². The lowest BCUT2D eigenvalue weighted by atomic mass is 10.1. The quantitative estimate of drug-likeness (QED) is 0.755. The zero-order valence-corrected chi connectivity index (χ0v) is 17.0. The number of carbonyl (C=O) groups is 2. The minimum absolute atomic E-state index is 0.124. The van der Waals surface area contributed by atoms with Crippen molar-refractivity contribution in [3.63, 3.8) is 0 Å². The van der Waals surface area contributed by atoms with Crippen LogP contribution in [-0.4, -0.2) is 64.9 Å². The summed E-state index contributed by atoms with van der Waals surface area (Å²) >= 11 is 6.13. The summed E-state index contributed by atoms with van der Waals surface area (Å²) in [7, 11) is 1.61. The van der Waals surface area contributed by atoms with Gasteiger partial charge in [0, 0.05) is 36.4 Å². The Kier molecular flexibility index (Phi) is 4.39. The van der Waals surface area contributed by atoms with Crippen LogP contribution in [0.15, 0.2) is 53.5 Å². The van der Waals surface area contributed by atoms with Crippen LogP contribution in [0.2, 0.25) is 5.02 Å². The molecule has 0 N–H and O–H groups in total. The number of anilines is 1. The highest BCUT2D eigenvalue weighted by Crippen LogP contribution is 2.34. The van der Waals surface area contributed by atoms with E-state index in [4.69, 9.17) is 16.6 Å². The van der Waals surface area contributed by atoms with E-state index in [1.165, 1.54) is 17.0 Å². The molecule has 0 aliphatic carbocycles. The van der Waals surface area contributed by atoms with Gasteiger partial charge in [-0.15, -0.1) is 0 Å². The molecule has 5 rings (SSSR count). The summed E-state index contributed by atoms with van der Waals surface area (Å²) in [5.74, 6) is -0.265. The van der Waals surface area contributed by atoms with Crippen LogP contribution in [0.4, 0.5) is 14.9 Å². The number of fused-ring (bicyclic) bond motifs is 3. The Hall–Kier alpha value is -3.13. The van der Waals surface area contributed by atoms with Crippen molar-refractivity contribution in [1.82, 2.24) is 14.7 Å². The van der Waals surface area contributed by atoms with E-state index in [1.54, 1.807) is 13.1 Å². The van der Waals surface area contributed by atoms with Crippen molar-refractivity contribution < 1.29 is 14.0 Å². The smallest absolute Gasteiger partial charge is 0.325 e. The zero-order chi connectivity index (χ0) is 21.0. The number of likely N-dealkylation sites (N-methyl/N-ethyl adjacent to an activating group) is 1. The molecule has 0 aromatic heterocycles. The molecule has 3 aliphatic rings. The lowest BCUT2D eigenvalue weighted by Crippen LogP contribution is -2.64. The highest BCUT2D eigenvalue weighted by molar-refractivity contribution is 6.31. The first-order valence-corrected chi connectivity index (χ1v) is 10.0. The van der Waals surface area contributed by atoms with Gasteiger partial charge in [-0.25, -0.2) is 14.2 Å². The minimum Gasteiger partial charge on any atom is -0.325 e. The van der Waals surface area contributed by atoms with Gasteiger partial charge in [-0.1, -0.05) is 35.9 Å². The summed E-state index contributed by atoms with van der Waals surface area (Å²) in [6.45, 7) is 1.08. The van der Waals surface area contributed by atoms with Gasteiger partial charge in [0.15, 0.2) is 12.2 Å². The van der Waals surface area contributed by atoms with Crippen molar-refractivity contribution in [3.05, 3.63) is 64.9 Å². The molecule has 2 saturated heterocycles. The Morgan fingerprint density at radius 3 is 2.60 bits per heavy atom. The second-order valence-corrected chi connectivity index (χ2v) is 7.89. The molecule has 2 unspecified atom stereocenters. The van der Waals surface area contributed by atoms with Crippen molar-refractivity contribution in [2.45, 2.75) is 18.8 Å². The van der Waals surface area contributed by atoms with Crippen LogP contribution in [0.25, 0.3) is 0 Å². The summed E-state index contributed by atoms with van der Waals surface area (Å²) in [4.78, 5) is 37.5. The normalized spacial score (nSPS) is 23.1. The Morgan fingerprint density at radius 1 is 1.10 bits per heavy atom. The molecule has 3 heterocycles. The molecule has 2 aromatic rings. The molecule has 2 atom stereocenters. The molecule has 0 radical (unpaired) electrons. The number of benzene rings is 2. The predicted octanol–water partition coefficient (Wildman–Crippen LogP) is 2.76. The van der Waals surface area contributed by atoms with Gasteiger partial charge >= 0.3 is 6.03 Å². The largest absolute Gasteiger partial charge is 0.328 e. The highest BCUT2D eigenvalue weighted by Gasteiger charge is 2.54. The molecule has 0 spiro atoms. The van der Waals surface area contributed by atoms with E-state index in [2.05, 4.69) is 0 Å². The maximum Gasteiger partial charge on any atom is 0.328 e. The number of rotatable bonds is 3. The van der Waals surface area contributed by atoms with Gasteiger partial charge in [0.05, 0.1) is 6.54 Å². The predicted molar refractivity (Wildman–Crippen MR) is 111 cm³/mol.